The molecule has 0 fully saturated rings. The first-order valence-electron chi connectivity index (χ1n) is 8.76. The van der Waals surface area contributed by atoms with Crippen LogP contribution >= 0.6 is 12.2 Å². The highest BCUT2D eigenvalue weighted by Gasteiger charge is 2.13. The van der Waals surface area contributed by atoms with Crippen LogP contribution in [0.1, 0.15) is 33.2 Å². The number of rotatable bonds is 4. The van der Waals surface area contributed by atoms with Crippen LogP contribution in [0, 0.1) is 11.7 Å². The number of carbonyl (C=O) groups is 2. The van der Waals surface area contributed by atoms with E-state index in [9.17, 15) is 14.4 Å². The number of nitrogens with zero attached hydrogens (tertiary/aromatic N) is 1. The summed E-state index contributed by atoms with van der Waals surface area (Å²) in [4.78, 5) is 40.0. The van der Waals surface area contributed by atoms with E-state index in [1.165, 1.54) is 4.57 Å². The smallest absolute Gasteiger partial charge is 0.262 e. The van der Waals surface area contributed by atoms with Crippen LogP contribution < -0.4 is 16.2 Å². The summed E-state index contributed by atoms with van der Waals surface area (Å²) in [5.41, 5.74) is 2.50. The second kappa shape index (κ2) is 7.77. The Hall–Kier alpha value is -3.26. The summed E-state index contributed by atoms with van der Waals surface area (Å²) in [6.07, 6.45) is 0. The van der Waals surface area contributed by atoms with Crippen molar-refractivity contribution in [1.82, 2.24) is 14.9 Å². The van der Waals surface area contributed by atoms with Crippen molar-refractivity contribution in [1.29, 1.82) is 0 Å². The van der Waals surface area contributed by atoms with Crippen LogP contribution in [0.2, 0.25) is 0 Å². The van der Waals surface area contributed by atoms with Crippen LogP contribution in [0.25, 0.3) is 10.9 Å². The Morgan fingerprint density at radius 3 is 2.46 bits per heavy atom. The van der Waals surface area contributed by atoms with Gasteiger partial charge in [0.25, 0.3) is 17.4 Å². The monoisotopic (exact) mass is 396 g/mol. The lowest BCUT2D eigenvalue weighted by atomic mass is 10.1. The summed E-state index contributed by atoms with van der Waals surface area (Å²) in [6.45, 7) is 4.15. The minimum Gasteiger partial charge on any atom is -0.355 e. The zero-order valence-electron chi connectivity index (χ0n) is 15.8. The Kier molecular flexibility index (Phi) is 5.41. The van der Waals surface area contributed by atoms with Gasteiger partial charge < -0.3 is 15.6 Å². The van der Waals surface area contributed by atoms with E-state index in [2.05, 4.69) is 15.6 Å². The maximum Gasteiger partial charge on any atom is 0.262 e. The molecule has 0 bridgehead atoms. The lowest BCUT2D eigenvalue weighted by Gasteiger charge is -2.11. The number of fused-ring (bicyclic) bond motifs is 1. The molecule has 0 aliphatic rings. The number of aromatic amines is 1. The van der Waals surface area contributed by atoms with Gasteiger partial charge >= 0.3 is 0 Å². The average molecular weight is 396 g/mol. The molecule has 2 aromatic carbocycles. The lowest BCUT2D eigenvalue weighted by molar-refractivity contribution is 0.0961. The fourth-order valence-electron chi connectivity index (χ4n) is 2.92. The maximum atomic E-state index is 12.7. The van der Waals surface area contributed by atoms with Crippen molar-refractivity contribution < 1.29 is 9.59 Å². The highest BCUT2D eigenvalue weighted by atomic mass is 32.1. The molecule has 144 valence electrons. The molecule has 0 spiro atoms. The second-order valence-corrected chi connectivity index (χ2v) is 6.69. The third-order valence-electron chi connectivity index (χ3n) is 4.54. The fraction of sp³-hybridized carbons (Fsp3) is 0.200. The first-order chi connectivity index (χ1) is 13.3. The summed E-state index contributed by atoms with van der Waals surface area (Å²) >= 11 is 5.22. The third-order valence-corrected chi connectivity index (χ3v) is 4.86. The molecule has 8 heteroatoms. The molecule has 0 saturated carbocycles. The van der Waals surface area contributed by atoms with E-state index in [0.29, 0.717) is 39.0 Å². The fourth-order valence-corrected chi connectivity index (χ4v) is 3.24. The van der Waals surface area contributed by atoms with Crippen LogP contribution in [0.4, 0.5) is 5.69 Å². The van der Waals surface area contributed by atoms with Crippen molar-refractivity contribution in [2.45, 2.75) is 20.4 Å². The summed E-state index contributed by atoms with van der Waals surface area (Å²) < 4.78 is 1.78. The van der Waals surface area contributed by atoms with Gasteiger partial charge in [0.2, 0.25) is 0 Å². The van der Waals surface area contributed by atoms with Crippen molar-refractivity contribution in [2.24, 2.45) is 0 Å². The average Bonchev–Trinajstić information content (AvgIpc) is 2.68. The highest BCUT2D eigenvalue weighted by Crippen LogP contribution is 2.19. The quantitative estimate of drug-likeness (QED) is 0.591. The van der Waals surface area contributed by atoms with E-state index in [1.54, 1.807) is 43.4 Å². The lowest BCUT2D eigenvalue weighted by Crippen LogP contribution is -2.21. The number of H-pyrrole nitrogens is 1. The largest absolute Gasteiger partial charge is 0.355 e. The third kappa shape index (κ3) is 3.59. The Balaban J connectivity index is 1.97. The van der Waals surface area contributed by atoms with Gasteiger partial charge in [-0.2, -0.15) is 0 Å². The molecule has 1 heterocycles. The standard InChI is InChI=1S/C20H20N4O3S/c1-4-24-19(27)14-8-7-13(10-16(14)23-20(24)28)18(26)22-15-9-12(17(25)21-3)6-5-11(15)2/h5-10H,4H2,1-3H3,(H,21,25)(H,22,26)(H,23,28). The van der Waals surface area contributed by atoms with E-state index in [1.807, 2.05) is 13.8 Å². The molecular formula is C20H20N4O3S. The van der Waals surface area contributed by atoms with Gasteiger partial charge in [-0.15, -0.1) is 0 Å². The molecular weight excluding hydrogens is 376 g/mol. The van der Waals surface area contributed by atoms with Gasteiger partial charge in [0, 0.05) is 30.4 Å². The molecule has 3 N–H and O–H groups in total. The van der Waals surface area contributed by atoms with Crippen molar-refractivity contribution in [2.75, 3.05) is 12.4 Å². The number of benzene rings is 2. The molecule has 0 aliphatic heterocycles. The van der Waals surface area contributed by atoms with Crippen LogP contribution in [0.3, 0.4) is 0 Å². The zero-order chi connectivity index (χ0) is 20.4. The molecule has 0 radical (unpaired) electrons. The van der Waals surface area contributed by atoms with E-state index in [0.717, 1.165) is 5.56 Å². The summed E-state index contributed by atoms with van der Waals surface area (Å²) in [5.74, 6) is -0.584. The minimum atomic E-state index is -0.349. The van der Waals surface area contributed by atoms with Gasteiger partial charge in [-0.25, -0.2) is 0 Å². The highest BCUT2D eigenvalue weighted by molar-refractivity contribution is 7.71. The number of hydrogen-bond acceptors (Lipinski definition) is 4. The van der Waals surface area contributed by atoms with Crippen LogP contribution in [0.15, 0.2) is 41.2 Å². The number of hydrogen-bond donors (Lipinski definition) is 3. The van der Waals surface area contributed by atoms with Gasteiger partial charge in [-0.3, -0.25) is 19.0 Å². The summed E-state index contributed by atoms with van der Waals surface area (Å²) in [5, 5.41) is 5.84. The van der Waals surface area contributed by atoms with E-state index in [-0.39, 0.29) is 17.4 Å². The van der Waals surface area contributed by atoms with Crippen LogP contribution in [0.5, 0.6) is 0 Å². The van der Waals surface area contributed by atoms with E-state index in [4.69, 9.17) is 12.2 Å². The number of aryl methyl sites for hydroxylation is 1. The van der Waals surface area contributed by atoms with Crippen molar-refractivity contribution >= 4 is 40.6 Å². The molecule has 0 saturated heterocycles. The van der Waals surface area contributed by atoms with Gasteiger partial charge in [0.1, 0.15) is 0 Å². The SMILES string of the molecule is CCn1c(=S)[nH]c2cc(C(=O)Nc3cc(C(=O)NC)ccc3C)ccc2c1=O. The second-order valence-electron chi connectivity index (χ2n) is 6.30. The van der Waals surface area contributed by atoms with Gasteiger partial charge in [0.05, 0.1) is 10.9 Å². The number of anilines is 1. The van der Waals surface area contributed by atoms with Gasteiger partial charge in [-0.05, 0) is 62.0 Å². The molecule has 3 rings (SSSR count). The van der Waals surface area contributed by atoms with Crippen molar-refractivity contribution in [3.8, 4) is 0 Å². The number of carbonyl (C=O) groups excluding carboxylic acids is 2. The Morgan fingerprint density at radius 1 is 1.11 bits per heavy atom. The summed E-state index contributed by atoms with van der Waals surface area (Å²) in [6, 6.07) is 9.88. The maximum absolute atomic E-state index is 12.7. The van der Waals surface area contributed by atoms with Gasteiger partial charge in [-0.1, -0.05) is 6.07 Å². The molecule has 0 unspecified atom stereocenters. The van der Waals surface area contributed by atoms with Crippen LogP contribution in [-0.2, 0) is 6.54 Å². The molecule has 28 heavy (non-hydrogen) atoms. The van der Waals surface area contributed by atoms with E-state index >= 15 is 0 Å². The molecule has 2 amide bonds. The Morgan fingerprint density at radius 2 is 1.79 bits per heavy atom. The topological polar surface area (TPSA) is 96.0 Å². The predicted octanol–water partition coefficient (Wildman–Crippen LogP) is 3.00. The number of nitrogens with one attached hydrogen (secondary N) is 3. The number of aromatic nitrogens is 2. The first-order valence-corrected chi connectivity index (χ1v) is 9.17. The van der Waals surface area contributed by atoms with Crippen molar-refractivity contribution in [3.05, 3.63) is 68.2 Å². The predicted molar refractivity (Wildman–Crippen MR) is 112 cm³/mol. The van der Waals surface area contributed by atoms with Crippen molar-refractivity contribution in [3.63, 3.8) is 0 Å². The normalized spacial score (nSPS) is 10.7. The molecule has 3 aromatic rings. The van der Waals surface area contributed by atoms with E-state index < -0.39 is 0 Å². The minimum absolute atomic E-state index is 0.192. The Bertz CT molecular complexity index is 1210. The van der Waals surface area contributed by atoms with Crippen LogP contribution in [-0.4, -0.2) is 28.4 Å². The Labute approximate surface area is 166 Å². The molecule has 7 nitrogen and oxygen atoms in total. The summed E-state index contributed by atoms with van der Waals surface area (Å²) in [7, 11) is 1.55. The zero-order valence-corrected chi connectivity index (χ0v) is 16.6. The first kappa shape index (κ1) is 19.5. The molecule has 0 atom stereocenters. The van der Waals surface area contributed by atoms with Gasteiger partial charge in [0.15, 0.2) is 4.77 Å². The number of amides is 2. The molecule has 0 aliphatic carbocycles. The molecule has 1 aromatic heterocycles.